The maximum Gasteiger partial charge on any atom is 0.226 e. The normalized spacial score (nSPS) is 16.1. The third-order valence-electron chi connectivity index (χ3n) is 1.35. The van der Waals surface area contributed by atoms with Crippen LogP contribution in [0.5, 0.6) is 0 Å². The van der Waals surface area contributed by atoms with Crippen molar-refractivity contribution in [2.45, 2.75) is 47.5 Å². The van der Waals surface area contributed by atoms with Crippen LogP contribution in [0.1, 0.15) is 47.5 Å². The highest BCUT2D eigenvalue weighted by molar-refractivity contribution is 5.97. The van der Waals surface area contributed by atoms with Gasteiger partial charge in [-0.15, -0.1) is 0 Å². The van der Waals surface area contributed by atoms with Crippen molar-refractivity contribution in [3.05, 3.63) is 0 Å². The summed E-state index contributed by atoms with van der Waals surface area (Å²) in [7, 11) is 0. The van der Waals surface area contributed by atoms with E-state index in [1.807, 2.05) is 34.6 Å². The van der Waals surface area contributed by atoms with Gasteiger partial charge in [-0.25, -0.2) is 0 Å². The second-order valence-corrected chi connectivity index (χ2v) is 2.48. The Labute approximate surface area is 80.9 Å². The Morgan fingerprint density at radius 2 is 1.31 bits per heavy atom. The van der Waals surface area contributed by atoms with Crippen LogP contribution in [0.4, 0.5) is 0 Å². The van der Waals surface area contributed by atoms with E-state index >= 15 is 0 Å². The fourth-order valence-corrected chi connectivity index (χ4v) is 0.963. The smallest absolute Gasteiger partial charge is 0.226 e. The molecular formula is C10H21NO2. The van der Waals surface area contributed by atoms with Gasteiger partial charge < -0.3 is 0 Å². The molecule has 0 aromatic carbocycles. The SMILES string of the molecule is CC.CC.CC1CC(=O)NC(=O)C1. The molecule has 78 valence electrons. The Balaban J connectivity index is 0. The molecule has 0 unspecified atom stereocenters. The number of piperidine rings is 1. The Kier molecular flexibility index (Phi) is 10.4. The first-order valence-corrected chi connectivity index (χ1v) is 5.01. The van der Waals surface area contributed by atoms with Crippen molar-refractivity contribution >= 4 is 11.8 Å². The van der Waals surface area contributed by atoms with Gasteiger partial charge in [0.15, 0.2) is 0 Å². The number of imide groups is 1. The van der Waals surface area contributed by atoms with Crippen LogP contribution < -0.4 is 5.32 Å². The molecule has 0 atom stereocenters. The lowest BCUT2D eigenvalue weighted by Crippen LogP contribution is -2.37. The predicted octanol–water partition coefficient (Wildman–Crippen LogP) is 2.11. The van der Waals surface area contributed by atoms with Crippen molar-refractivity contribution in [2.75, 3.05) is 0 Å². The number of hydrogen-bond donors (Lipinski definition) is 1. The highest BCUT2D eigenvalue weighted by Crippen LogP contribution is 2.10. The highest BCUT2D eigenvalue weighted by Gasteiger charge is 2.20. The van der Waals surface area contributed by atoms with E-state index in [1.54, 1.807) is 0 Å². The Morgan fingerprint density at radius 3 is 1.54 bits per heavy atom. The number of rotatable bonds is 0. The maximum absolute atomic E-state index is 10.6. The van der Waals surface area contributed by atoms with Gasteiger partial charge in [0.05, 0.1) is 0 Å². The molecule has 0 spiro atoms. The Morgan fingerprint density at radius 1 is 1.00 bits per heavy atom. The molecule has 1 aliphatic rings. The Bertz CT molecular complexity index is 139. The molecule has 2 amide bonds. The van der Waals surface area contributed by atoms with Crippen LogP contribution in [0.3, 0.4) is 0 Å². The van der Waals surface area contributed by atoms with Gasteiger partial charge in [-0.1, -0.05) is 34.6 Å². The molecule has 1 aliphatic heterocycles. The van der Waals surface area contributed by atoms with Gasteiger partial charge >= 0.3 is 0 Å². The summed E-state index contributed by atoms with van der Waals surface area (Å²) >= 11 is 0. The summed E-state index contributed by atoms with van der Waals surface area (Å²) in [6, 6.07) is 0. The lowest BCUT2D eigenvalue weighted by Gasteiger charge is -2.15. The van der Waals surface area contributed by atoms with Crippen LogP contribution in [0.2, 0.25) is 0 Å². The summed E-state index contributed by atoms with van der Waals surface area (Å²) in [6.45, 7) is 9.90. The van der Waals surface area contributed by atoms with E-state index in [-0.39, 0.29) is 17.7 Å². The minimum absolute atomic E-state index is 0.140. The number of carbonyl (C=O) groups excluding carboxylic acids is 2. The van der Waals surface area contributed by atoms with Crippen LogP contribution in [-0.4, -0.2) is 11.8 Å². The minimum atomic E-state index is -0.140. The molecule has 0 bridgehead atoms. The summed E-state index contributed by atoms with van der Waals surface area (Å²) < 4.78 is 0. The number of nitrogens with one attached hydrogen (secondary N) is 1. The fourth-order valence-electron chi connectivity index (χ4n) is 0.963. The molecule has 0 saturated carbocycles. The van der Waals surface area contributed by atoms with Crippen molar-refractivity contribution in [2.24, 2.45) is 5.92 Å². The predicted molar refractivity (Wildman–Crippen MR) is 54.2 cm³/mol. The molecule has 0 radical (unpaired) electrons. The molecule has 3 heteroatoms. The highest BCUT2D eigenvalue weighted by atomic mass is 16.2. The second-order valence-electron chi connectivity index (χ2n) is 2.48. The first-order valence-electron chi connectivity index (χ1n) is 5.01. The molecule has 13 heavy (non-hydrogen) atoms. The van der Waals surface area contributed by atoms with Crippen LogP contribution in [-0.2, 0) is 9.59 Å². The third-order valence-corrected chi connectivity index (χ3v) is 1.35. The molecule has 1 fully saturated rings. The summed E-state index contributed by atoms with van der Waals surface area (Å²) in [5.41, 5.74) is 0. The van der Waals surface area contributed by atoms with Crippen LogP contribution in [0.25, 0.3) is 0 Å². The summed E-state index contributed by atoms with van der Waals surface area (Å²) in [5, 5.41) is 2.23. The molecule has 1 N–H and O–H groups in total. The van der Waals surface area contributed by atoms with Gasteiger partial charge in [-0.3, -0.25) is 14.9 Å². The molecule has 0 aromatic rings. The molecule has 0 aromatic heterocycles. The van der Waals surface area contributed by atoms with Gasteiger partial charge in [-0.2, -0.15) is 0 Å². The van der Waals surface area contributed by atoms with Gasteiger partial charge in [-0.05, 0) is 5.92 Å². The summed E-state index contributed by atoms with van der Waals surface area (Å²) in [6.07, 6.45) is 0.984. The summed E-state index contributed by atoms with van der Waals surface area (Å²) in [4.78, 5) is 21.1. The zero-order valence-electron chi connectivity index (χ0n) is 9.31. The van der Waals surface area contributed by atoms with Crippen LogP contribution in [0, 0.1) is 5.92 Å². The van der Waals surface area contributed by atoms with E-state index in [1.165, 1.54) is 0 Å². The van der Waals surface area contributed by atoms with Gasteiger partial charge in [0.2, 0.25) is 11.8 Å². The van der Waals surface area contributed by atoms with E-state index in [0.29, 0.717) is 12.8 Å². The zero-order valence-corrected chi connectivity index (χ0v) is 9.31. The lowest BCUT2D eigenvalue weighted by molar-refractivity contribution is -0.134. The molecule has 1 heterocycles. The van der Waals surface area contributed by atoms with E-state index in [2.05, 4.69) is 5.32 Å². The van der Waals surface area contributed by atoms with Crippen molar-refractivity contribution in [3.63, 3.8) is 0 Å². The van der Waals surface area contributed by atoms with Crippen molar-refractivity contribution in [3.8, 4) is 0 Å². The zero-order chi connectivity index (χ0) is 10.9. The Hall–Kier alpha value is -0.860. The second kappa shape index (κ2) is 9.23. The van der Waals surface area contributed by atoms with Crippen LogP contribution >= 0.6 is 0 Å². The average Bonchev–Trinajstić information content (AvgIpc) is 2.09. The third kappa shape index (κ3) is 7.50. The molecule has 0 aliphatic carbocycles. The molecule has 1 rings (SSSR count). The monoisotopic (exact) mass is 187 g/mol. The van der Waals surface area contributed by atoms with Gasteiger partial charge in [0.1, 0.15) is 0 Å². The van der Waals surface area contributed by atoms with Gasteiger partial charge in [0.25, 0.3) is 0 Å². The van der Waals surface area contributed by atoms with Gasteiger partial charge in [0, 0.05) is 12.8 Å². The van der Waals surface area contributed by atoms with E-state index in [4.69, 9.17) is 0 Å². The first-order chi connectivity index (χ1) is 6.18. The standard InChI is InChI=1S/C6H9NO2.2C2H6/c1-4-2-5(8)7-6(9)3-4;2*1-2/h4H,2-3H2,1H3,(H,7,8,9);2*1-2H3. The number of amides is 2. The summed E-state index contributed by atoms with van der Waals surface area (Å²) in [5.74, 6) is -0.0521. The van der Waals surface area contributed by atoms with E-state index < -0.39 is 0 Å². The van der Waals surface area contributed by atoms with Crippen LogP contribution in [0.15, 0.2) is 0 Å². The number of carbonyl (C=O) groups is 2. The average molecular weight is 187 g/mol. The van der Waals surface area contributed by atoms with E-state index in [0.717, 1.165) is 0 Å². The lowest BCUT2D eigenvalue weighted by atomic mass is 10.00. The quantitative estimate of drug-likeness (QED) is 0.590. The first kappa shape index (κ1) is 14.7. The minimum Gasteiger partial charge on any atom is -0.296 e. The van der Waals surface area contributed by atoms with Crippen molar-refractivity contribution in [1.82, 2.24) is 5.32 Å². The van der Waals surface area contributed by atoms with E-state index in [9.17, 15) is 9.59 Å². The van der Waals surface area contributed by atoms with Crippen molar-refractivity contribution < 1.29 is 9.59 Å². The molecule has 3 nitrogen and oxygen atoms in total. The number of hydrogen-bond acceptors (Lipinski definition) is 2. The topological polar surface area (TPSA) is 46.2 Å². The maximum atomic E-state index is 10.6. The fraction of sp³-hybridized carbons (Fsp3) is 0.800. The molecular weight excluding hydrogens is 166 g/mol. The van der Waals surface area contributed by atoms with Crippen molar-refractivity contribution in [1.29, 1.82) is 0 Å². The largest absolute Gasteiger partial charge is 0.296 e. The molecule has 1 saturated heterocycles.